The van der Waals surface area contributed by atoms with Gasteiger partial charge >= 0.3 is 5.97 Å². The van der Waals surface area contributed by atoms with Crippen LogP contribution in [0.1, 0.15) is 40.7 Å². The lowest BCUT2D eigenvalue weighted by Crippen LogP contribution is -2.13. The van der Waals surface area contributed by atoms with Crippen molar-refractivity contribution in [1.29, 1.82) is 0 Å². The Kier molecular flexibility index (Phi) is 6.79. The average molecular weight is 508 g/mol. The van der Waals surface area contributed by atoms with Crippen LogP contribution in [0.2, 0.25) is 0 Å². The fourth-order valence-electron chi connectivity index (χ4n) is 4.80. The summed E-state index contributed by atoms with van der Waals surface area (Å²) in [6.07, 6.45) is 4.70. The van der Waals surface area contributed by atoms with Crippen molar-refractivity contribution in [1.82, 2.24) is 19.1 Å². The first-order valence-electron chi connectivity index (χ1n) is 12.6. The van der Waals surface area contributed by atoms with E-state index in [0.29, 0.717) is 18.7 Å². The van der Waals surface area contributed by atoms with E-state index in [2.05, 4.69) is 35.5 Å². The molecule has 5 aromatic rings. The molecule has 0 bridgehead atoms. The Morgan fingerprint density at radius 2 is 1.79 bits per heavy atom. The highest BCUT2D eigenvalue weighted by Crippen LogP contribution is 2.29. The molecule has 0 unspecified atom stereocenters. The van der Waals surface area contributed by atoms with E-state index in [9.17, 15) is 14.7 Å². The number of imidazole rings is 2. The molecule has 3 aromatic carbocycles. The minimum atomic E-state index is -0.939. The average Bonchev–Trinajstić information content (AvgIpc) is 3.53. The molecule has 38 heavy (non-hydrogen) atoms. The fraction of sp³-hybridized carbons (Fsp3) is 0.200. The maximum absolute atomic E-state index is 11.7. The van der Waals surface area contributed by atoms with Gasteiger partial charge in [-0.15, -0.1) is 0 Å². The second-order valence-electron chi connectivity index (χ2n) is 9.39. The van der Waals surface area contributed by atoms with E-state index in [1.165, 1.54) is 0 Å². The van der Waals surface area contributed by atoms with E-state index in [4.69, 9.17) is 10.7 Å². The number of rotatable bonds is 9. The summed E-state index contributed by atoms with van der Waals surface area (Å²) < 4.78 is 4.11. The molecule has 192 valence electrons. The van der Waals surface area contributed by atoms with Crippen molar-refractivity contribution >= 4 is 22.9 Å². The lowest BCUT2D eigenvalue weighted by atomic mass is 9.98. The van der Waals surface area contributed by atoms with Gasteiger partial charge in [0.1, 0.15) is 5.82 Å². The van der Waals surface area contributed by atoms with Crippen LogP contribution >= 0.6 is 0 Å². The Morgan fingerprint density at radius 1 is 1.03 bits per heavy atom. The molecule has 2 heterocycles. The molecule has 8 nitrogen and oxygen atoms in total. The number of aromatic carboxylic acids is 1. The van der Waals surface area contributed by atoms with Gasteiger partial charge < -0.3 is 20.0 Å². The van der Waals surface area contributed by atoms with Gasteiger partial charge in [0.05, 0.1) is 28.6 Å². The summed E-state index contributed by atoms with van der Waals surface area (Å²) in [5.41, 5.74) is 13.1. The van der Waals surface area contributed by atoms with Gasteiger partial charge in [0.25, 0.3) is 0 Å². The number of carboxylic acids is 1. The van der Waals surface area contributed by atoms with E-state index >= 15 is 0 Å². The minimum absolute atomic E-state index is 0.265. The van der Waals surface area contributed by atoms with Gasteiger partial charge in [-0.3, -0.25) is 4.79 Å². The van der Waals surface area contributed by atoms with E-state index in [1.54, 1.807) is 18.5 Å². The molecule has 0 aliphatic carbocycles. The number of hydrogen-bond donors (Lipinski definition) is 2. The number of nitrogens with zero attached hydrogens (tertiary/aromatic N) is 4. The molecule has 0 fully saturated rings. The van der Waals surface area contributed by atoms with Gasteiger partial charge in [-0.2, -0.15) is 0 Å². The maximum Gasteiger partial charge on any atom is 0.336 e. The van der Waals surface area contributed by atoms with Crippen LogP contribution in [0.15, 0.2) is 73.2 Å². The van der Waals surface area contributed by atoms with Crippen LogP contribution in [-0.2, 0) is 24.3 Å². The number of carboxylic acid groups (broad SMARTS) is 1. The molecule has 0 atom stereocenters. The van der Waals surface area contributed by atoms with Gasteiger partial charge in [-0.05, 0) is 47.4 Å². The first kappa shape index (κ1) is 25.0. The van der Waals surface area contributed by atoms with Crippen molar-refractivity contribution in [2.45, 2.75) is 39.8 Å². The van der Waals surface area contributed by atoms with Crippen LogP contribution in [0, 0.1) is 6.92 Å². The van der Waals surface area contributed by atoms with Crippen molar-refractivity contribution in [3.63, 3.8) is 0 Å². The number of aromatic nitrogens is 4. The predicted molar refractivity (Wildman–Crippen MR) is 147 cm³/mol. The normalized spacial score (nSPS) is 11.2. The van der Waals surface area contributed by atoms with Crippen molar-refractivity contribution in [2.24, 2.45) is 5.73 Å². The summed E-state index contributed by atoms with van der Waals surface area (Å²) in [6.45, 7) is 5.28. The number of aryl methyl sites for hydroxylation is 3. The number of carbonyl (C=O) groups is 2. The zero-order valence-corrected chi connectivity index (χ0v) is 21.4. The Bertz CT molecular complexity index is 1650. The number of nitrogens with two attached hydrogens (primary N) is 1. The third kappa shape index (κ3) is 4.93. The zero-order chi connectivity index (χ0) is 26.8. The van der Waals surface area contributed by atoms with Crippen molar-refractivity contribution in [2.75, 3.05) is 0 Å². The molecule has 0 saturated carbocycles. The lowest BCUT2D eigenvalue weighted by Gasteiger charge is -2.11. The number of benzene rings is 3. The standard InChI is InChI=1S/C30H29N5O3/c1-3-28-33-29-19(2)14-22(25-17-34(18-32-25)13-12-27(31)36)15-26(29)35(28)16-20-8-10-21(11-9-20)23-6-4-5-7-24(23)30(37)38/h4-11,14-15,17-18H,3,12-13,16H2,1-2H3,(H2,31,36)(H,37,38). The predicted octanol–water partition coefficient (Wildman–Crippen LogP) is 5.06. The van der Waals surface area contributed by atoms with Gasteiger partial charge in [-0.25, -0.2) is 14.8 Å². The molecular formula is C30H29N5O3. The molecule has 8 heteroatoms. The van der Waals surface area contributed by atoms with Crippen molar-refractivity contribution in [3.05, 3.63) is 95.7 Å². The second-order valence-corrected chi connectivity index (χ2v) is 9.39. The Morgan fingerprint density at radius 3 is 2.50 bits per heavy atom. The van der Waals surface area contributed by atoms with E-state index in [0.717, 1.165) is 51.2 Å². The van der Waals surface area contributed by atoms with Crippen LogP contribution < -0.4 is 5.73 Å². The SMILES string of the molecule is CCc1nc2c(C)cc(-c3cn(CCC(N)=O)cn3)cc2n1Cc1ccc(-c2ccccc2C(=O)O)cc1. The summed E-state index contributed by atoms with van der Waals surface area (Å²) >= 11 is 0. The van der Waals surface area contributed by atoms with E-state index in [1.807, 2.05) is 47.2 Å². The smallest absolute Gasteiger partial charge is 0.336 e. The third-order valence-electron chi connectivity index (χ3n) is 6.75. The summed E-state index contributed by atoms with van der Waals surface area (Å²) in [7, 11) is 0. The first-order chi connectivity index (χ1) is 18.3. The number of carbonyl (C=O) groups excluding carboxylic acids is 1. The summed E-state index contributed by atoms with van der Waals surface area (Å²) in [6, 6.07) is 19.3. The van der Waals surface area contributed by atoms with Crippen LogP contribution in [0.3, 0.4) is 0 Å². The summed E-state index contributed by atoms with van der Waals surface area (Å²) in [4.78, 5) is 32.3. The monoisotopic (exact) mass is 507 g/mol. The minimum Gasteiger partial charge on any atom is -0.478 e. The van der Waals surface area contributed by atoms with Crippen LogP contribution in [0.25, 0.3) is 33.4 Å². The van der Waals surface area contributed by atoms with Gasteiger partial charge in [0.15, 0.2) is 0 Å². The second kappa shape index (κ2) is 10.3. The topological polar surface area (TPSA) is 116 Å². The Labute approximate surface area is 220 Å². The molecule has 0 aliphatic heterocycles. The molecular weight excluding hydrogens is 478 g/mol. The molecule has 0 radical (unpaired) electrons. The first-order valence-corrected chi connectivity index (χ1v) is 12.6. The highest BCUT2D eigenvalue weighted by Gasteiger charge is 2.16. The van der Waals surface area contributed by atoms with Gasteiger partial charge in [0, 0.05) is 37.7 Å². The molecule has 3 N–H and O–H groups in total. The number of fused-ring (bicyclic) bond motifs is 1. The molecule has 2 aromatic heterocycles. The Balaban J connectivity index is 1.48. The third-order valence-corrected chi connectivity index (χ3v) is 6.75. The lowest BCUT2D eigenvalue weighted by molar-refractivity contribution is -0.118. The fourth-order valence-corrected chi connectivity index (χ4v) is 4.80. The van der Waals surface area contributed by atoms with Crippen LogP contribution in [0.4, 0.5) is 0 Å². The molecule has 0 spiro atoms. The Hall–Kier alpha value is -4.72. The van der Waals surface area contributed by atoms with Crippen LogP contribution in [-0.4, -0.2) is 36.1 Å². The highest BCUT2D eigenvalue weighted by molar-refractivity contribution is 5.96. The molecule has 0 aliphatic rings. The summed E-state index contributed by atoms with van der Waals surface area (Å²) in [5.74, 6) is -0.286. The van der Waals surface area contributed by atoms with Crippen LogP contribution in [0.5, 0.6) is 0 Å². The van der Waals surface area contributed by atoms with E-state index < -0.39 is 5.97 Å². The quantitative estimate of drug-likeness (QED) is 0.289. The van der Waals surface area contributed by atoms with E-state index in [-0.39, 0.29) is 17.9 Å². The highest BCUT2D eigenvalue weighted by atomic mass is 16.4. The number of hydrogen-bond acceptors (Lipinski definition) is 4. The van der Waals surface area contributed by atoms with Crippen molar-refractivity contribution in [3.8, 4) is 22.4 Å². The van der Waals surface area contributed by atoms with Gasteiger partial charge in [-0.1, -0.05) is 49.4 Å². The number of amides is 1. The zero-order valence-electron chi connectivity index (χ0n) is 21.4. The maximum atomic E-state index is 11.7. The van der Waals surface area contributed by atoms with Gasteiger partial charge in [0.2, 0.25) is 5.91 Å². The summed E-state index contributed by atoms with van der Waals surface area (Å²) in [5, 5.41) is 9.55. The largest absolute Gasteiger partial charge is 0.478 e. The molecule has 0 saturated heterocycles. The number of primary amides is 1. The molecule has 1 amide bonds. The van der Waals surface area contributed by atoms with Crippen molar-refractivity contribution < 1.29 is 14.7 Å². The molecule has 5 rings (SSSR count).